The average Bonchev–Trinajstić information content (AvgIpc) is 3.03. The van der Waals surface area contributed by atoms with Gasteiger partial charge in [-0.05, 0) is 24.5 Å². The zero-order chi connectivity index (χ0) is 17.9. The fourth-order valence-corrected chi connectivity index (χ4v) is 2.71. The molecule has 0 aliphatic carbocycles. The number of amides is 1. The van der Waals surface area contributed by atoms with Crippen LogP contribution < -0.4 is 10.1 Å². The van der Waals surface area contributed by atoms with E-state index in [4.69, 9.17) is 4.74 Å². The minimum Gasteiger partial charge on any atom is -0.482 e. The first-order chi connectivity index (χ1) is 11.9. The average molecular weight is 354 g/mol. The van der Waals surface area contributed by atoms with Crippen molar-refractivity contribution in [3.63, 3.8) is 0 Å². The molecule has 0 spiro atoms. The number of nitrogens with one attached hydrogen (secondary N) is 1. The molecular weight excluding hydrogens is 337 g/mol. The van der Waals surface area contributed by atoms with Gasteiger partial charge in [0.1, 0.15) is 11.6 Å². The molecule has 1 aliphatic heterocycles. The molecule has 1 aliphatic rings. The maximum absolute atomic E-state index is 12.7. The third kappa shape index (κ3) is 4.49. The van der Waals surface area contributed by atoms with E-state index in [2.05, 4.69) is 15.3 Å². The smallest absolute Gasteiger partial charge is 0.434 e. The Bertz CT molecular complexity index is 731. The topological polar surface area (TPSA) is 69.0 Å². The van der Waals surface area contributed by atoms with Crippen LogP contribution in [0.5, 0.6) is 5.75 Å². The first-order valence-electron chi connectivity index (χ1n) is 7.84. The first kappa shape index (κ1) is 17.2. The standard InChI is InChI=1S/C16H17F3N4O2/c17-16(18,19)13-9-23-8-11(3-4-14(23)22-13)6-21-15(24)10-25-12-2-1-5-20-7-12/h1-2,5,7,9,11H,3-4,6,8,10H2,(H,21,24)/t11-/m1/s1. The lowest BCUT2D eigenvalue weighted by atomic mass is 9.99. The summed E-state index contributed by atoms with van der Waals surface area (Å²) in [5, 5.41) is 2.75. The first-order valence-corrected chi connectivity index (χ1v) is 7.84. The molecule has 0 radical (unpaired) electrons. The van der Waals surface area contributed by atoms with Gasteiger partial charge in [-0.1, -0.05) is 0 Å². The van der Waals surface area contributed by atoms with Gasteiger partial charge >= 0.3 is 6.18 Å². The molecule has 134 valence electrons. The number of nitrogens with zero attached hydrogens (tertiary/aromatic N) is 3. The van der Waals surface area contributed by atoms with E-state index in [-0.39, 0.29) is 18.4 Å². The highest BCUT2D eigenvalue weighted by Crippen LogP contribution is 2.30. The van der Waals surface area contributed by atoms with Gasteiger partial charge in [0.15, 0.2) is 12.3 Å². The second-order valence-electron chi connectivity index (χ2n) is 5.88. The lowest BCUT2D eigenvalue weighted by Crippen LogP contribution is -2.36. The highest BCUT2D eigenvalue weighted by Gasteiger charge is 2.35. The molecular formula is C16H17F3N4O2. The van der Waals surface area contributed by atoms with Crippen molar-refractivity contribution in [1.29, 1.82) is 0 Å². The maximum atomic E-state index is 12.7. The van der Waals surface area contributed by atoms with E-state index >= 15 is 0 Å². The van der Waals surface area contributed by atoms with Gasteiger partial charge in [0.2, 0.25) is 0 Å². The van der Waals surface area contributed by atoms with Crippen molar-refractivity contribution in [3.8, 4) is 5.75 Å². The molecule has 2 aromatic heterocycles. The van der Waals surface area contributed by atoms with E-state index in [1.54, 1.807) is 18.3 Å². The van der Waals surface area contributed by atoms with Crippen molar-refractivity contribution in [3.05, 3.63) is 42.2 Å². The normalized spacial score (nSPS) is 17.0. The Morgan fingerprint density at radius 2 is 2.28 bits per heavy atom. The summed E-state index contributed by atoms with van der Waals surface area (Å²) < 4.78 is 44.9. The van der Waals surface area contributed by atoms with Crippen LogP contribution in [0.3, 0.4) is 0 Å². The van der Waals surface area contributed by atoms with Crippen LogP contribution in [0.2, 0.25) is 0 Å². The molecule has 1 N–H and O–H groups in total. The number of halogens is 3. The van der Waals surface area contributed by atoms with Crippen molar-refractivity contribution < 1.29 is 22.7 Å². The second kappa shape index (κ2) is 7.12. The van der Waals surface area contributed by atoms with Crippen LogP contribution in [0, 0.1) is 5.92 Å². The van der Waals surface area contributed by atoms with Crippen molar-refractivity contribution in [2.75, 3.05) is 13.2 Å². The molecule has 25 heavy (non-hydrogen) atoms. The van der Waals surface area contributed by atoms with Gasteiger partial charge in [-0.15, -0.1) is 0 Å². The lowest BCUT2D eigenvalue weighted by molar-refractivity contribution is -0.141. The maximum Gasteiger partial charge on any atom is 0.434 e. The Balaban J connectivity index is 1.46. The number of hydrogen-bond acceptors (Lipinski definition) is 4. The van der Waals surface area contributed by atoms with Gasteiger partial charge < -0.3 is 14.6 Å². The number of rotatable bonds is 5. The van der Waals surface area contributed by atoms with E-state index in [1.807, 2.05) is 0 Å². The quantitative estimate of drug-likeness (QED) is 0.892. The van der Waals surface area contributed by atoms with Crippen LogP contribution in [-0.4, -0.2) is 33.6 Å². The largest absolute Gasteiger partial charge is 0.482 e. The van der Waals surface area contributed by atoms with Crippen LogP contribution in [-0.2, 0) is 23.9 Å². The fourth-order valence-electron chi connectivity index (χ4n) is 2.71. The Morgan fingerprint density at radius 1 is 1.44 bits per heavy atom. The van der Waals surface area contributed by atoms with Crippen molar-refractivity contribution in [2.45, 2.75) is 25.6 Å². The number of alkyl halides is 3. The summed E-state index contributed by atoms with van der Waals surface area (Å²) in [4.78, 5) is 19.3. The molecule has 1 atom stereocenters. The second-order valence-corrected chi connectivity index (χ2v) is 5.88. The van der Waals surface area contributed by atoms with Gasteiger partial charge in [-0.3, -0.25) is 9.78 Å². The molecule has 6 nitrogen and oxygen atoms in total. The van der Waals surface area contributed by atoms with E-state index in [0.29, 0.717) is 37.5 Å². The number of aromatic nitrogens is 3. The third-order valence-corrected chi connectivity index (χ3v) is 3.97. The predicted octanol–water partition coefficient (Wildman–Crippen LogP) is 2.05. The summed E-state index contributed by atoms with van der Waals surface area (Å²) in [7, 11) is 0. The van der Waals surface area contributed by atoms with Gasteiger partial charge in [0.05, 0.1) is 6.20 Å². The zero-order valence-corrected chi connectivity index (χ0v) is 13.3. The number of ether oxygens (including phenoxy) is 1. The molecule has 9 heteroatoms. The SMILES string of the molecule is O=C(COc1cccnc1)NC[C@H]1CCc2nc(C(F)(F)F)cn2C1. The number of hydrogen-bond donors (Lipinski definition) is 1. The molecule has 0 saturated carbocycles. The summed E-state index contributed by atoms with van der Waals surface area (Å²) in [5.41, 5.74) is -0.864. The molecule has 0 bridgehead atoms. The number of imidazole rings is 1. The highest BCUT2D eigenvalue weighted by atomic mass is 19.4. The summed E-state index contributed by atoms with van der Waals surface area (Å²) in [6.07, 6.45) is 0.852. The van der Waals surface area contributed by atoms with Gasteiger partial charge in [-0.25, -0.2) is 4.98 Å². The fraction of sp³-hybridized carbons (Fsp3) is 0.438. The molecule has 3 heterocycles. The van der Waals surface area contributed by atoms with E-state index in [9.17, 15) is 18.0 Å². The van der Waals surface area contributed by atoms with E-state index in [1.165, 1.54) is 10.8 Å². The Kier molecular flexibility index (Phi) is 4.91. The molecule has 0 aromatic carbocycles. The van der Waals surface area contributed by atoms with Crippen LogP contribution >= 0.6 is 0 Å². The lowest BCUT2D eigenvalue weighted by Gasteiger charge is -2.23. The molecule has 0 unspecified atom stereocenters. The number of pyridine rings is 1. The van der Waals surface area contributed by atoms with Crippen LogP contribution in [0.4, 0.5) is 13.2 Å². The summed E-state index contributed by atoms with van der Waals surface area (Å²) in [6, 6.07) is 3.40. The molecule has 0 saturated heterocycles. The molecule has 2 aromatic rings. The zero-order valence-electron chi connectivity index (χ0n) is 13.3. The van der Waals surface area contributed by atoms with Crippen molar-refractivity contribution in [2.24, 2.45) is 5.92 Å². The minimum atomic E-state index is -4.43. The number of carbonyl (C=O) groups is 1. The number of fused-ring (bicyclic) bond motifs is 1. The Hall–Kier alpha value is -2.58. The summed E-state index contributed by atoms with van der Waals surface area (Å²) >= 11 is 0. The molecule has 1 amide bonds. The number of carbonyl (C=O) groups excluding carboxylic acids is 1. The van der Waals surface area contributed by atoms with Gasteiger partial charge in [-0.2, -0.15) is 13.2 Å². The highest BCUT2D eigenvalue weighted by molar-refractivity contribution is 5.77. The van der Waals surface area contributed by atoms with Crippen molar-refractivity contribution in [1.82, 2.24) is 19.9 Å². The molecule has 0 fully saturated rings. The van der Waals surface area contributed by atoms with E-state index < -0.39 is 11.9 Å². The Morgan fingerprint density at radius 3 is 3.00 bits per heavy atom. The van der Waals surface area contributed by atoms with Gasteiger partial charge in [0.25, 0.3) is 5.91 Å². The van der Waals surface area contributed by atoms with Crippen LogP contribution in [0.25, 0.3) is 0 Å². The van der Waals surface area contributed by atoms with Gasteiger partial charge in [0, 0.05) is 31.9 Å². The molecule has 3 rings (SSSR count). The monoisotopic (exact) mass is 354 g/mol. The third-order valence-electron chi connectivity index (χ3n) is 3.97. The van der Waals surface area contributed by atoms with E-state index in [0.717, 1.165) is 6.20 Å². The number of aryl methyl sites for hydroxylation is 1. The summed E-state index contributed by atoms with van der Waals surface area (Å²) in [5.74, 6) is 0.717. The minimum absolute atomic E-state index is 0.0603. The Labute approximate surface area is 142 Å². The van der Waals surface area contributed by atoms with Crippen LogP contribution in [0.15, 0.2) is 30.7 Å². The van der Waals surface area contributed by atoms with Crippen LogP contribution in [0.1, 0.15) is 17.9 Å². The van der Waals surface area contributed by atoms with Crippen molar-refractivity contribution >= 4 is 5.91 Å². The predicted molar refractivity (Wildman–Crippen MR) is 81.8 cm³/mol. The summed E-state index contributed by atoms with van der Waals surface area (Å²) in [6.45, 7) is 0.656.